The zero-order valence-electron chi connectivity index (χ0n) is 4.93. The summed E-state index contributed by atoms with van der Waals surface area (Å²) in [7, 11) is 3.44. The number of thiocarbonyl (C=S) groups is 1. The summed E-state index contributed by atoms with van der Waals surface area (Å²) in [5.74, 6) is 0. The third kappa shape index (κ3) is 1.88. The second-order valence-corrected chi connectivity index (χ2v) is 1.68. The average Bonchev–Trinajstić information content (AvgIpc) is 1.84. The summed E-state index contributed by atoms with van der Waals surface area (Å²) in [6.45, 7) is 0. The van der Waals surface area contributed by atoms with Crippen LogP contribution in [0, 0.1) is 5.41 Å². The van der Waals surface area contributed by atoms with E-state index in [1.165, 1.54) is 4.90 Å². The monoisotopic (exact) mass is 131 g/mol. The summed E-state index contributed by atoms with van der Waals surface area (Å²) in [5, 5.41) is 9.99. The Balaban J connectivity index is 3.62. The van der Waals surface area contributed by atoms with E-state index in [-0.39, 0.29) is 0 Å². The number of hydrogen-bond donors (Lipinski definition) is 2. The Bertz CT molecular complexity index is 101. The number of nitrogens with zero attached hydrogens (tertiary/aromatic N) is 1. The van der Waals surface area contributed by atoms with Crippen molar-refractivity contribution in [1.82, 2.24) is 10.2 Å². The molecule has 3 nitrogen and oxygen atoms in total. The minimum atomic E-state index is 0.556. The van der Waals surface area contributed by atoms with Gasteiger partial charge in [-0.25, -0.2) is 0 Å². The molecule has 0 aromatic rings. The Kier molecular flexibility index (Phi) is 3.10. The van der Waals surface area contributed by atoms with Crippen molar-refractivity contribution in [3.8, 4) is 0 Å². The molecule has 0 saturated heterocycles. The second-order valence-electron chi connectivity index (χ2n) is 1.30. The Labute approximate surface area is 54.2 Å². The third-order valence-corrected chi connectivity index (χ3v) is 1.22. The van der Waals surface area contributed by atoms with Crippen LogP contribution in [0.3, 0.4) is 0 Å². The van der Waals surface area contributed by atoms with Crippen LogP contribution in [0.4, 0.5) is 0 Å². The highest BCUT2D eigenvalue weighted by Gasteiger charge is 1.92. The van der Waals surface area contributed by atoms with Gasteiger partial charge in [-0.05, 0) is 12.2 Å². The van der Waals surface area contributed by atoms with E-state index in [0.717, 1.165) is 6.34 Å². The van der Waals surface area contributed by atoms with E-state index in [2.05, 4.69) is 5.32 Å². The zero-order chi connectivity index (χ0) is 6.57. The number of rotatable bonds is 1. The van der Waals surface area contributed by atoms with Crippen LogP contribution in [0.2, 0.25) is 0 Å². The molecule has 0 saturated carbocycles. The Hall–Kier alpha value is -0.640. The van der Waals surface area contributed by atoms with Gasteiger partial charge in [-0.3, -0.25) is 5.41 Å². The van der Waals surface area contributed by atoms with Crippen molar-refractivity contribution in [2.45, 2.75) is 0 Å². The number of hydrogen-bond acceptors (Lipinski definition) is 2. The van der Waals surface area contributed by atoms with Gasteiger partial charge in [0.05, 0.1) is 6.34 Å². The van der Waals surface area contributed by atoms with E-state index in [1.54, 1.807) is 14.1 Å². The summed E-state index contributed by atoms with van der Waals surface area (Å²) in [6, 6.07) is 0. The molecule has 0 aliphatic carbocycles. The molecule has 0 aromatic heterocycles. The van der Waals surface area contributed by atoms with E-state index >= 15 is 0 Å². The van der Waals surface area contributed by atoms with Crippen LogP contribution in [0.15, 0.2) is 0 Å². The first-order chi connectivity index (χ1) is 3.72. The molecule has 0 aliphatic rings. The molecule has 0 rings (SSSR count). The first kappa shape index (κ1) is 7.36. The Morgan fingerprint density at radius 1 is 1.88 bits per heavy atom. The van der Waals surface area contributed by atoms with Crippen molar-refractivity contribution in [2.75, 3.05) is 14.1 Å². The van der Waals surface area contributed by atoms with Crippen molar-refractivity contribution in [3.05, 3.63) is 0 Å². The van der Waals surface area contributed by atoms with E-state index in [9.17, 15) is 0 Å². The summed E-state index contributed by atoms with van der Waals surface area (Å²) in [5.41, 5.74) is 0. The van der Waals surface area contributed by atoms with Crippen molar-refractivity contribution in [3.63, 3.8) is 0 Å². The van der Waals surface area contributed by atoms with Crippen LogP contribution in [0.5, 0.6) is 0 Å². The standard InChI is InChI=1S/C4H9N3S/c1-6-4(8)7(2)3-5/h3,5H,1-2H3,(H,6,8). The van der Waals surface area contributed by atoms with E-state index < -0.39 is 0 Å². The van der Waals surface area contributed by atoms with Gasteiger partial charge in [0.15, 0.2) is 5.11 Å². The fraction of sp³-hybridized carbons (Fsp3) is 0.500. The summed E-state index contributed by atoms with van der Waals surface area (Å²) in [4.78, 5) is 1.51. The first-order valence-electron chi connectivity index (χ1n) is 2.17. The molecule has 0 fully saturated rings. The van der Waals surface area contributed by atoms with Gasteiger partial charge in [0.1, 0.15) is 0 Å². The molecular formula is C4H9N3S. The maximum absolute atomic E-state index is 6.72. The van der Waals surface area contributed by atoms with Crippen molar-refractivity contribution < 1.29 is 0 Å². The van der Waals surface area contributed by atoms with Crippen LogP contribution in [-0.4, -0.2) is 30.4 Å². The molecule has 2 N–H and O–H groups in total. The lowest BCUT2D eigenvalue weighted by atomic mass is 10.8. The van der Waals surface area contributed by atoms with Gasteiger partial charge in [0.2, 0.25) is 0 Å². The van der Waals surface area contributed by atoms with Gasteiger partial charge >= 0.3 is 0 Å². The van der Waals surface area contributed by atoms with Crippen molar-refractivity contribution in [2.24, 2.45) is 0 Å². The SMILES string of the molecule is CNC(=S)N(C)C=N. The molecule has 0 unspecified atom stereocenters. The number of nitrogens with one attached hydrogen (secondary N) is 2. The van der Waals surface area contributed by atoms with Gasteiger partial charge < -0.3 is 10.2 Å². The molecule has 4 heteroatoms. The van der Waals surface area contributed by atoms with E-state index in [4.69, 9.17) is 17.6 Å². The van der Waals surface area contributed by atoms with Crippen LogP contribution in [0.1, 0.15) is 0 Å². The topological polar surface area (TPSA) is 39.1 Å². The molecule has 0 atom stereocenters. The van der Waals surface area contributed by atoms with E-state index in [1.807, 2.05) is 0 Å². The summed E-state index contributed by atoms with van der Waals surface area (Å²) >= 11 is 4.74. The normalized spacial score (nSPS) is 7.75. The van der Waals surface area contributed by atoms with Crippen molar-refractivity contribution in [1.29, 1.82) is 5.41 Å². The minimum absolute atomic E-state index is 0.556. The van der Waals surface area contributed by atoms with Crippen LogP contribution < -0.4 is 5.32 Å². The fourth-order valence-electron chi connectivity index (χ4n) is 0.235. The lowest BCUT2D eigenvalue weighted by Crippen LogP contribution is -2.33. The Morgan fingerprint density at radius 2 is 2.38 bits per heavy atom. The van der Waals surface area contributed by atoms with Crippen LogP contribution in [0.25, 0.3) is 0 Å². The van der Waals surface area contributed by atoms with Gasteiger partial charge in [0, 0.05) is 14.1 Å². The first-order valence-corrected chi connectivity index (χ1v) is 2.58. The molecule has 0 aromatic carbocycles. The molecule has 0 heterocycles. The second kappa shape index (κ2) is 3.37. The molecule has 46 valence electrons. The Morgan fingerprint density at radius 3 is 2.50 bits per heavy atom. The molecule has 0 spiro atoms. The average molecular weight is 131 g/mol. The van der Waals surface area contributed by atoms with Gasteiger partial charge in [-0.15, -0.1) is 0 Å². The predicted octanol–water partition coefficient (Wildman–Crippen LogP) is 0.0296. The van der Waals surface area contributed by atoms with Gasteiger partial charge in [0.25, 0.3) is 0 Å². The molecule has 0 radical (unpaired) electrons. The zero-order valence-corrected chi connectivity index (χ0v) is 5.75. The molecule has 8 heavy (non-hydrogen) atoms. The lowest BCUT2D eigenvalue weighted by molar-refractivity contribution is 0.752. The van der Waals surface area contributed by atoms with Gasteiger partial charge in [-0.1, -0.05) is 0 Å². The minimum Gasteiger partial charge on any atom is -0.365 e. The fourth-order valence-corrected chi connectivity index (χ4v) is 0.288. The largest absolute Gasteiger partial charge is 0.365 e. The molecule has 0 amide bonds. The summed E-state index contributed by atoms with van der Waals surface area (Å²) in [6.07, 6.45) is 1.15. The summed E-state index contributed by atoms with van der Waals surface area (Å²) < 4.78 is 0. The highest BCUT2D eigenvalue weighted by atomic mass is 32.1. The lowest BCUT2D eigenvalue weighted by Gasteiger charge is -2.11. The quantitative estimate of drug-likeness (QED) is 0.299. The smallest absolute Gasteiger partial charge is 0.173 e. The molecule has 0 bridgehead atoms. The maximum Gasteiger partial charge on any atom is 0.173 e. The highest BCUT2D eigenvalue weighted by Crippen LogP contribution is 1.74. The molecular weight excluding hydrogens is 122 g/mol. The van der Waals surface area contributed by atoms with Gasteiger partial charge in [-0.2, -0.15) is 0 Å². The molecule has 0 aliphatic heterocycles. The maximum atomic E-state index is 6.72. The predicted molar refractivity (Wildman–Crippen MR) is 38.2 cm³/mol. The third-order valence-electron chi connectivity index (χ3n) is 0.728. The van der Waals surface area contributed by atoms with E-state index in [0.29, 0.717) is 5.11 Å². The van der Waals surface area contributed by atoms with Crippen LogP contribution >= 0.6 is 12.2 Å². The van der Waals surface area contributed by atoms with Crippen LogP contribution in [-0.2, 0) is 0 Å². The van der Waals surface area contributed by atoms with Crippen molar-refractivity contribution >= 4 is 23.7 Å². The highest BCUT2D eigenvalue weighted by molar-refractivity contribution is 7.80.